The Morgan fingerprint density at radius 3 is 2.65 bits per heavy atom. The summed E-state index contributed by atoms with van der Waals surface area (Å²) in [6.45, 7) is 5.46. The Labute approximate surface area is 106 Å². The van der Waals surface area contributed by atoms with Crippen molar-refractivity contribution in [3.8, 4) is 0 Å². The Hall–Kier alpha value is -0.570. The molecule has 3 nitrogen and oxygen atoms in total. The first-order valence-corrected chi connectivity index (χ1v) is 7.04. The second-order valence-electron chi connectivity index (χ2n) is 5.06. The third-order valence-electron chi connectivity index (χ3n) is 3.93. The molecule has 0 aromatic heterocycles. The van der Waals surface area contributed by atoms with Crippen molar-refractivity contribution in [2.24, 2.45) is 5.92 Å². The van der Waals surface area contributed by atoms with Crippen LogP contribution in [0, 0.1) is 5.92 Å². The fourth-order valence-corrected chi connectivity index (χ4v) is 2.91. The van der Waals surface area contributed by atoms with Crippen LogP contribution in [0.4, 0.5) is 0 Å². The molecule has 0 bridgehead atoms. The van der Waals surface area contributed by atoms with Crippen molar-refractivity contribution in [3.63, 3.8) is 0 Å². The van der Waals surface area contributed by atoms with Gasteiger partial charge in [-0.3, -0.25) is 4.79 Å². The number of hydrogen-bond acceptors (Lipinski definition) is 3. The molecule has 1 rings (SSSR count). The molecule has 1 aliphatic rings. The molecule has 0 saturated heterocycles. The largest absolute Gasteiger partial charge is 0.466 e. The van der Waals surface area contributed by atoms with Crippen LogP contribution in [0.1, 0.15) is 52.4 Å². The van der Waals surface area contributed by atoms with Crippen LogP contribution < -0.4 is 0 Å². The van der Waals surface area contributed by atoms with Gasteiger partial charge in [0.2, 0.25) is 0 Å². The minimum absolute atomic E-state index is 0.0665. The highest BCUT2D eigenvalue weighted by Crippen LogP contribution is 2.30. The molecule has 0 spiro atoms. The van der Waals surface area contributed by atoms with Gasteiger partial charge in [-0.05, 0) is 32.7 Å². The van der Waals surface area contributed by atoms with E-state index in [4.69, 9.17) is 4.74 Å². The predicted octanol–water partition coefficient (Wildman–Crippen LogP) is 2.84. The van der Waals surface area contributed by atoms with Crippen molar-refractivity contribution in [1.29, 1.82) is 0 Å². The van der Waals surface area contributed by atoms with Crippen LogP contribution in [-0.4, -0.2) is 37.1 Å². The zero-order chi connectivity index (χ0) is 12.7. The van der Waals surface area contributed by atoms with E-state index in [0.29, 0.717) is 19.1 Å². The molecular formula is C14H27NO2. The molecule has 2 unspecified atom stereocenters. The summed E-state index contributed by atoms with van der Waals surface area (Å²) in [6.07, 6.45) is 7.14. The van der Waals surface area contributed by atoms with Crippen molar-refractivity contribution >= 4 is 5.97 Å². The van der Waals surface area contributed by atoms with E-state index in [2.05, 4.69) is 18.9 Å². The number of ether oxygens (including phenoxy) is 1. The normalized spacial score (nSPS) is 24.9. The molecule has 1 aliphatic carbocycles. The first-order chi connectivity index (χ1) is 8.19. The SMILES string of the molecule is CCOC(=O)CCN(C)C1CCCCC1CC. The smallest absolute Gasteiger partial charge is 0.307 e. The zero-order valence-electron chi connectivity index (χ0n) is 11.6. The lowest BCUT2D eigenvalue weighted by Crippen LogP contribution is -2.40. The number of rotatable bonds is 6. The molecule has 0 aliphatic heterocycles. The Balaban J connectivity index is 2.34. The Morgan fingerprint density at radius 2 is 2.00 bits per heavy atom. The number of carbonyl (C=O) groups is 1. The van der Waals surface area contributed by atoms with Crippen LogP contribution in [0.5, 0.6) is 0 Å². The van der Waals surface area contributed by atoms with E-state index in [-0.39, 0.29) is 5.97 Å². The predicted molar refractivity (Wildman–Crippen MR) is 69.9 cm³/mol. The van der Waals surface area contributed by atoms with Crippen LogP contribution in [0.15, 0.2) is 0 Å². The molecule has 1 fully saturated rings. The van der Waals surface area contributed by atoms with Gasteiger partial charge >= 0.3 is 5.97 Å². The van der Waals surface area contributed by atoms with Gasteiger partial charge in [-0.1, -0.05) is 26.2 Å². The number of esters is 1. The van der Waals surface area contributed by atoms with E-state index < -0.39 is 0 Å². The van der Waals surface area contributed by atoms with Gasteiger partial charge in [0.25, 0.3) is 0 Å². The van der Waals surface area contributed by atoms with Crippen LogP contribution in [0.25, 0.3) is 0 Å². The monoisotopic (exact) mass is 241 g/mol. The second kappa shape index (κ2) is 7.70. The summed E-state index contributed by atoms with van der Waals surface area (Å²) >= 11 is 0. The van der Waals surface area contributed by atoms with E-state index in [1.165, 1.54) is 32.1 Å². The number of nitrogens with zero attached hydrogens (tertiary/aromatic N) is 1. The van der Waals surface area contributed by atoms with Crippen LogP contribution in [0.3, 0.4) is 0 Å². The van der Waals surface area contributed by atoms with E-state index >= 15 is 0 Å². The summed E-state index contributed by atoms with van der Waals surface area (Å²) in [5.74, 6) is 0.749. The molecule has 0 heterocycles. The highest BCUT2D eigenvalue weighted by atomic mass is 16.5. The molecular weight excluding hydrogens is 214 g/mol. The lowest BCUT2D eigenvalue weighted by molar-refractivity contribution is -0.143. The average Bonchev–Trinajstić information content (AvgIpc) is 2.36. The van der Waals surface area contributed by atoms with E-state index in [1.54, 1.807) is 0 Å². The lowest BCUT2D eigenvalue weighted by atomic mass is 9.82. The van der Waals surface area contributed by atoms with Gasteiger partial charge in [-0.2, -0.15) is 0 Å². The summed E-state index contributed by atoms with van der Waals surface area (Å²) in [4.78, 5) is 13.7. The number of carbonyl (C=O) groups excluding carboxylic acids is 1. The van der Waals surface area contributed by atoms with Crippen molar-refractivity contribution in [2.75, 3.05) is 20.2 Å². The first kappa shape index (κ1) is 14.5. The molecule has 1 saturated carbocycles. The molecule has 0 aromatic carbocycles. The summed E-state index contributed by atoms with van der Waals surface area (Å²) in [6, 6.07) is 0.670. The minimum Gasteiger partial charge on any atom is -0.466 e. The molecule has 0 N–H and O–H groups in total. The van der Waals surface area contributed by atoms with Crippen molar-refractivity contribution in [3.05, 3.63) is 0 Å². The standard InChI is InChI=1S/C14H27NO2/c1-4-12-8-6-7-9-13(12)15(3)11-10-14(16)17-5-2/h12-13H,4-11H2,1-3H3. The van der Waals surface area contributed by atoms with Gasteiger partial charge in [-0.15, -0.1) is 0 Å². The zero-order valence-corrected chi connectivity index (χ0v) is 11.6. The molecule has 0 aromatic rings. The second-order valence-corrected chi connectivity index (χ2v) is 5.06. The molecule has 3 heteroatoms. The van der Waals surface area contributed by atoms with Crippen molar-refractivity contribution in [2.45, 2.75) is 58.4 Å². The maximum absolute atomic E-state index is 11.3. The van der Waals surface area contributed by atoms with E-state index in [9.17, 15) is 4.79 Å². The van der Waals surface area contributed by atoms with E-state index in [1.807, 2.05) is 6.92 Å². The lowest BCUT2D eigenvalue weighted by Gasteiger charge is -2.37. The summed E-state index contributed by atoms with van der Waals surface area (Å²) in [7, 11) is 2.15. The van der Waals surface area contributed by atoms with Gasteiger partial charge in [0.15, 0.2) is 0 Å². The van der Waals surface area contributed by atoms with Gasteiger partial charge in [0, 0.05) is 12.6 Å². The van der Waals surface area contributed by atoms with Crippen LogP contribution >= 0.6 is 0 Å². The highest BCUT2D eigenvalue weighted by molar-refractivity contribution is 5.69. The first-order valence-electron chi connectivity index (χ1n) is 7.04. The third-order valence-corrected chi connectivity index (χ3v) is 3.93. The fraction of sp³-hybridized carbons (Fsp3) is 0.929. The van der Waals surface area contributed by atoms with Crippen LogP contribution in [0.2, 0.25) is 0 Å². The molecule has 100 valence electrons. The maximum Gasteiger partial charge on any atom is 0.307 e. The van der Waals surface area contributed by atoms with Crippen molar-refractivity contribution < 1.29 is 9.53 Å². The Kier molecular flexibility index (Phi) is 6.56. The van der Waals surface area contributed by atoms with Gasteiger partial charge in [-0.25, -0.2) is 0 Å². The summed E-state index contributed by atoms with van der Waals surface area (Å²) < 4.78 is 4.97. The molecule has 0 radical (unpaired) electrons. The maximum atomic E-state index is 11.3. The van der Waals surface area contributed by atoms with Crippen molar-refractivity contribution in [1.82, 2.24) is 4.90 Å². The summed E-state index contributed by atoms with van der Waals surface area (Å²) in [5.41, 5.74) is 0. The fourth-order valence-electron chi connectivity index (χ4n) is 2.91. The van der Waals surface area contributed by atoms with E-state index in [0.717, 1.165) is 12.5 Å². The Morgan fingerprint density at radius 1 is 1.29 bits per heavy atom. The summed E-state index contributed by atoms with van der Waals surface area (Å²) in [5, 5.41) is 0. The average molecular weight is 241 g/mol. The molecule has 0 amide bonds. The Bertz CT molecular complexity index is 230. The molecule has 17 heavy (non-hydrogen) atoms. The van der Waals surface area contributed by atoms with Gasteiger partial charge < -0.3 is 9.64 Å². The highest BCUT2D eigenvalue weighted by Gasteiger charge is 2.26. The van der Waals surface area contributed by atoms with Gasteiger partial charge in [0.1, 0.15) is 0 Å². The quantitative estimate of drug-likeness (QED) is 0.670. The number of hydrogen-bond donors (Lipinski definition) is 0. The molecule has 2 atom stereocenters. The van der Waals surface area contributed by atoms with Crippen LogP contribution in [-0.2, 0) is 9.53 Å². The topological polar surface area (TPSA) is 29.5 Å². The third kappa shape index (κ3) is 4.66. The minimum atomic E-state index is -0.0665. The van der Waals surface area contributed by atoms with Gasteiger partial charge in [0.05, 0.1) is 13.0 Å².